The maximum absolute atomic E-state index is 12.8. The summed E-state index contributed by atoms with van der Waals surface area (Å²) in [6, 6.07) is 8.51. The van der Waals surface area contributed by atoms with Gasteiger partial charge < -0.3 is 15.2 Å². The molecule has 0 atom stereocenters. The molecule has 2 aromatic heterocycles. The van der Waals surface area contributed by atoms with Crippen molar-refractivity contribution >= 4 is 28.1 Å². The minimum absolute atomic E-state index is 0.193. The molecule has 0 saturated carbocycles. The number of nitrogens with one attached hydrogen (secondary N) is 2. The van der Waals surface area contributed by atoms with Gasteiger partial charge in [0.1, 0.15) is 5.82 Å². The molecule has 1 fully saturated rings. The Bertz CT molecular complexity index is 1140. The monoisotopic (exact) mass is 447 g/mol. The van der Waals surface area contributed by atoms with Gasteiger partial charge >= 0.3 is 0 Å². The fourth-order valence-corrected chi connectivity index (χ4v) is 4.23. The SMILES string of the molecule is CCN1CCC(n2cc(C(=O)Nc3cc4cc(/C(C)=C/N(C)NC)ccc4cn3)cn2)CC1. The van der Waals surface area contributed by atoms with Crippen molar-refractivity contribution in [3.8, 4) is 0 Å². The topological polar surface area (TPSA) is 78.3 Å². The molecule has 8 nitrogen and oxygen atoms in total. The van der Waals surface area contributed by atoms with Crippen LogP contribution in [0.1, 0.15) is 48.7 Å². The molecule has 1 aliphatic heterocycles. The van der Waals surface area contributed by atoms with Gasteiger partial charge in [-0.1, -0.05) is 19.1 Å². The summed E-state index contributed by atoms with van der Waals surface area (Å²) in [5, 5.41) is 11.4. The largest absolute Gasteiger partial charge is 0.319 e. The third-order valence-corrected chi connectivity index (χ3v) is 6.40. The predicted molar refractivity (Wildman–Crippen MR) is 133 cm³/mol. The highest BCUT2D eigenvalue weighted by atomic mass is 16.1. The van der Waals surface area contributed by atoms with Crippen LogP contribution in [0.15, 0.2) is 49.1 Å². The third-order valence-electron chi connectivity index (χ3n) is 6.40. The van der Waals surface area contributed by atoms with Crippen LogP contribution in [0.2, 0.25) is 0 Å². The number of aromatic nitrogens is 3. The third kappa shape index (κ3) is 5.40. The van der Waals surface area contributed by atoms with Crippen molar-refractivity contribution < 1.29 is 4.79 Å². The molecule has 0 bridgehead atoms. The molecular formula is C25H33N7O. The number of hydrogen-bond acceptors (Lipinski definition) is 6. The Kier molecular flexibility index (Phi) is 7.05. The van der Waals surface area contributed by atoms with Gasteiger partial charge in [0.15, 0.2) is 0 Å². The van der Waals surface area contributed by atoms with Crippen LogP contribution in [-0.2, 0) is 0 Å². The lowest BCUT2D eigenvalue weighted by molar-refractivity contribution is 0.102. The number of rotatable bonds is 7. The summed E-state index contributed by atoms with van der Waals surface area (Å²) in [6.07, 6.45) is 9.44. The zero-order valence-electron chi connectivity index (χ0n) is 19.9. The molecule has 1 aromatic carbocycles. The number of hydrogen-bond donors (Lipinski definition) is 2. The molecule has 4 rings (SSSR count). The van der Waals surface area contributed by atoms with E-state index in [4.69, 9.17) is 0 Å². The van der Waals surface area contributed by atoms with Crippen molar-refractivity contribution in [1.82, 2.24) is 30.1 Å². The molecule has 2 N–H and O–H groups in total. The number of fused-ring (bicyclic) bond motifs is 1. The standard InChI is InChI=1S/C25H33N7O/c1-5-31-10-8-23(9-11-31)32-17-22(15-28-32)25(33)29-24-13-21-12-19(6-7-20(21)14-27-24)18(2)16-30(4)26-3/h6-7,12-17,23,26H,5,8-11H2,1-4H3,(H,27,29,33)/b18-16+. The van der Waals surface area contributed by atoms with Crippen LogP contribution in [0.4, 0.5) is 5.82 Å². The summed E-state index contributed by atoms with van der Waals surface area (Å²) in [7, 11) is 3.84. The first-order valence-corrected chi connectivity index (χ1v) is 11.5. The summed E-state index contributed by atoms with van der Waals surface area (Å²) < 4.78 is 1.94. The number of carbonyl (C=O) groups excluding carboxylic acids is 1. The smallest absolute Gasteiger partial charge is 0.260 e. The maximum Gasteiger partial charge on any atom is 0.260 e. The van der Waals surface area contributed by atoms with E-state index >= 15 is 0 Å². The van der Waals surface area contributed by atoms with E-state index in [1.54, 1.807) is 12.4 Å². The van der Waals surface area contributed by atoms with Crippen LogP contribution < -0.4 is 10.7 Å². The minimum atomic E-state index is -0.193. The van der Waals surface area contributed by atoms with Gasteiger partial charge in [-0.2, -0.15) is 5.10 Å². The van der Waals surface area contributed by atoms with E-state index in [0.29, 0.717) is 17.4 Å². The molecule has 0 aliphatic carbocycles. The summed E-state index contributed by atoms with van der Waals surface area (Å²) in [4.78, 5) is 19.7. The number of nitrogens with zero attached hydrogens (tertiary/aromatic N) is 5. The van der Waals surface area contributed by atoms with E-state index in [2.05, 4.69) is 51.7 Å². The fourth-order valence-electron chi connectivity index (χ4n) is 4.23. The van der Waals surface area contributed by atoms with Crippen molar-refractivity contribution in [2.45, 2.75) is 32.7 Å². The summed E-state index contributed by atoms with van der Waals surface area (Å²) in [6.45, 7) is 7.50. The van der Waals surface area contributed by atoms with E-state index in [-0.39, 0.29) is 5.91 Å². The number of piperidine rings is 1. The molecule has 3 heterocycles. The molecule has 1 saturated heterocycles. The quantitative estimate of drug-likeness (QED) is 0.537. The molecule has 0 spiro atoms. The van der Waals surface area contributed by atoms with E-state index in [0.717, 1.165) is 54.4 Å². The van der Waals surface area contributed by atoms with Crippen LogP contribution in [0.25, 0.3) is 16.3 Å². The Morgan fingerprint density at radius 1 is 1.18 bits per heavy atom. The van der Waals surface area contributed by atoms with E-state index in [1.165, 1.54) is 0 Å². The van der Waals surface area contributed by atoms with Gasteiger partial charge in [0.25, 0.3) is 5.91 Å². The number of carbonyl (C=O) groups is 1. The fraction of sp³-hybridized carbons (Fsp3) is 0.400. The van der Waals surface area contributed by atoms with Crippen LogP contribution in [0.5, 0.6) is 0 Å². The van der Waals surface area contributed by atoms with Crippen LogP contribution >= 0.6 is 0 Å². The average molecular weight is 448 g/mol. The summed E-state index contributed by atoms with van der Waals surface area (Å²) in [5.74, 6) is 0.338. The van der Waals surface area contributed by atoms with Crippen molar-refractivity contribution in [3.05, 3.63) is 60.2 Å². The summed E-state index contributed by atoms with van der Waals surface area (Å²) >= 11 is 0. The number of likely N-dealkylation sites (tertiary alicyclic amines) is 1. The van der Waals surface area contributed by atoms with Gasteiger partial charge in [0.05, 0.1) is 17.8 Å². The van der Waals surface area contributed by atoms with Crippen molar-refractivity contribution in [1.29, 1.82) is 0 Å². The van der Waals surface area contributed by atoms with E-state index in [1.807, 2.05) is 48.3 Å². The molecule has 1 amide bonds. The maximum atomic E-state index is 12.8. The molecule has 33 heavy (non-hydrogen) atoms. The Morgan fingerprint density at radius 2 is 1.97 bits per heavy atom. The minimum Gasteiger partial charge on any atom is -0.319 e. The van der Waals surface area contributed by atoms with Gasteiger partial charge in [-0.3, -0.25) is 9.48 Å². The number of hydrazine groups is 1. The summed E-state index contributed by atoms with van der Waals surface area (Å²) in [5.41, 5.74) is 5.87. The van der Waals surface area contributed by atoms with Gasteiger partial charge in [0.2, 0.25) is 0 Å². The number of allylic oxidation sites excluding steroid dienone is 1. The molecular weight excluding hydrogens is 414 g/mol. The molecule has 3 aromatic rings. The van der Waals surface area contributed by atoms with Gasteiger partial charge in [-0.25, -0.2) is 10.4 Å². The van der Waals surface area contributed by atoms with Gasteiger partial charge in [-0.15, -0.1) is 0 Å². The molecule has 0 radical (unpaired) electrons. The molecule has 8 heteroatoms. The highest BCUT2D eigenvalue weighted by molar-refractivity contribution is 6.04. The van der Waals surface area contributed by atoms with Crippen molar-refractivity contribution in [2.75, 3.05) is 39.0 Å². The highest BCUT2D eigenvalue weighted by Gasteiger charge is 2.21. The zero-order chi connectivity index (χ0) is 23.4. The lowest BCUT2D eigenvalue weighted by atomic mass is 10.0. The van der Waals surface area contributed by atoms with Gasteiger partial charge in [0, 0.05) is 51.2 Å². The van der Waals surface area contributed by atoms with Crippen LogP contribution in [0.3, 0.4) is 0 Å². The Hall–Kier alpha value is -3.23. The first kappa shape index (κ1) is 22.9. The Morgan fingerprint density at radius 3 is 2.70 bits per heavy atom. The van der Waals surface area contributed by atoms with Gasteiger partial charge in [-0.05, 0) is 55.0 Å². The lowest BCUT2D eigenvalue weighted by Gasteiger charge is -2.31. The molecule has 174 valence electrons. The second kappa shape index (κ2) is 10.1. The van der Waals surface area contributed by atoms with Crippen molar-refractivity contribution in [3.63, 3.8) is 0 Å². The average Bonchev–Trinajstić information content (AvgIpc) is 3.34. The number of amides is 1. The van der Waals surface area contributed by atoms with E-state index in [9.17, 15) is 4.79 Å². The second-order valence-electron chi connectivity index (χ2n) is 8.61. The number of pyridine rings is 1. The molecule has 1 aliphatic rings. The van der Waals surface area contributed by atoms with Crippen LogP contribution in [0, 0.1) is 0 Å². The second-order valence-corrected chi connectivity index (χ2v) is 8.61. The number of anilines is 1. The lowest BCUT2D eigenvalue weighted by Crippen LogP contribution is -2.34. The van der Waals surface area contributed by atoms with E-state index < -0.39 is 0 Å². The number of benzene rings is 1. The Labute approximate surface area is 195 Å². The first-order chi connectivity index (χ1) is 16.0. The van der Waals surface area contributed by atoms with Crippen molar-refractivity contribution in [2.24, 2.45) is 0 Å². The van der Waals surface area contributed by atoms with Crippen LogP contribution in [-0.4, -0.2) is 64.3 Å². The first-order valence-electron chi connectivity index (χ1n) is 11.5. The zero-order valence-corrected chi connectivity index (χ0v) is 19.9. The normalized spacial score (nSPS) is 15.7. The predicted octanol–water partition coefficient (Wildman–Crippen LogP) is 3.77. The highest BCUT2D eigenvalue weighted by Crippen LogP contribution is 2.24. The Balaban J connectivity index is 1.47. The molecule has 0 unspecified atom stereocenters.